The van der Waals surface area contributed by atoms with Crippen molar-refractivity contribution in [1.29, 1.82) is 0 Å². The number of rotatable bonds is 6. The number of ether oxygens (including phenoxy) is 1. The third-order valence-electron chi connectivity index (χ3n) is 4.26. The first-order valence-corrected chi connectivity index (χ1v) is 7.73. The Bertz CT molecular complexity index is 402. The molecule has 1 aliphatic rings. The van der Waals surface area contributed by atoms with E-state index in [1.807, 2.05) is 12.3 Å². The largest absolute Gasteiger partial charge is 0.481 e. The molecule has 1 aliphatic heterocycles. The number of nitrogens with one attached hydrogen (secondary N) is 1. The lowest BCUT2D eigenvalue weighted by Crippen LogP contribution is -2.42. The molecule has 0 spiro atoms. The minimum absolute atomic E-state index is 0.629. The Morgan fingerprint density at radius 1 is 1.45 bits per heavy atom. The summed E-state index contributed by atoms with van der Waals surface area (Å²) in [7, 11) is 1.67. The summed E-state index contributed by atoms with van der Waals surface area (Å²) in [6, 6.07) is 4.73. The molecule has 0 saturated carbocycles. The smallest absolute Gasteiger partial charge is 0.214 e. The van der Waals surface area contributed by atoms with E-state index < -0.39 is 0 Å². The molecule has 1 aromatic rings. The van der Waals surface area contributed by atoms with E-state index >= 15 is 0 Å². The summed E-state index contributed by atoms with van der Waals surface area (Å²) in [6.45, 7) is 7.92. The molecule has 0 aromatic carbocycles. The van der Waals surface area contributed by atoms with Crippen molar-refractivity contribution < 1.29 is 4.74 Å². The lowest BCUT2D eigenvalue weighted by Gasteiger charge is -2.36. The number of hydrogen-bond acceptors (Lipinski definition) is 4. The van der Waals surface area contributed by atoms with Crippen LogP contribution in [0.1, 0.15) is 33.1 Å². The zero-order valence-corrected chi connectivity index (χ0v) is 12.9. The summed E-state index contributed by atoms with van der Waals surface area (Å²) in [4.78, 5) is 6.61. The molecule has 4 nitrogen and oxygen atoms in total. The van der Waals surface area contributed by atoms with E-state index in [1.54, 1.807) is 7.11 Å². The fourth-order valence-electron chi connectivity index (χ4n) is 2.90. The molecular formula is C16H27N3O. The quantitative estimate of drug-likeness (QED) is 0.867. The predicted molar refractivity (Wildman–Crippen MR) is 83.5 cm³/mol. The first-order valence-electron chi connectivity index (χ1n) is 7.73. The second-order valence-electron chi connectivity index (χ2n) is 5.62. The van der Waals surface area contributed by atoms with E-state index in [0.29, 0.717) is 11.9 Å². The zero-order chi connectivity index (χ0) is 14.4. The highest BCUT2D eigenvalue weighted by Gasteiger charge is 2.23. The number of piperidine rings is 1. The van der Waals surface area contributed by atoms with Gasteiger partial charge in [0.15, 0.2) is 0 Å². The molecule has 1 fully saturated rings. The summed E-state index contributed by atoms with van der Waals surface area (Å²) in [5.74, 6) is 1.49. The third-order valence-corrected chi connectivity index (χ3v) is 4.26. The van der Waals surface area contributed by atoms with Gasteiger partial charge in [0.2, 0.25) is 5.88 Å². The highest BCUT2D eigenvalue weighted by Crippen LogP contribution is 2.26. The number of pyridine rings is 1. The maximum Gasteiger partial charge on any atom is 0.214 e. The topological polar surface area (TPSA) is 37.4 Å². The summed E-state index contributed by atoms with van der Waals surface area (Å²) in [5, 5.41) is 3.63. The van der Waals surface area contributed by atoms with Crippen LogP contribution in [0, 0.1) is 5.92 Å². The zero-order valence-electron chi connectivity index (χ0n) is 12.9. The van der Waals surface area contributed by atoms with Crippen molar-refractivity contribution >= 4 is 5.69 Å². The van der Waals surface area contributed by atoms with Gasteiger partial charge in [-0.1, -0.05) is 6.92 Å². The molecule has 4 heteroatoms. The van der Waals surface area contributed by atoms with E-state index in [9.17, 15) is 0 Å². The summed E-state index contributed by atoms with van der Waals surface area (Å²) in [6.07, 6.45) is 5.54. The van der Waals surface area contributed by atoms with Gasteiger partial charge in [0.05, 0.1) is 7.11 Å². The van der Waals surface area contributed by atoms with Crippen LogP contribution in [0.5, 0.6) is 5.88 Å². The van der Waals surface area contributed by atoms with Gasteiger partial charge < -0.3 is 15.0 Å². The molecule has 0 radical (unpaired) electrons. The van der Waals surface area contributed by atoms with Gasteiger partial charge in [-0.2, -0.15) is 0 Å². The van der Waals surface area contributed by atoms with Gasteiger partial charge in [0, 0.05) is 37.1 Å². The highest BCUT2D eigenvalue weighted by molar-refractivity contribution is 5.48. The van der Waals surface area contributed by atoms with Crippen molar-refractivity contribution in [2.75, 3.05) is 31.6 Å². The SMILES string of the molecule is CCCNC(C)C1CCN(c2ccnc(OC)c2)CC1. The van der Waals surface area contributed by atoms with Crippen LogP contribution in [0.2, 0.25) is 0 Å². The van der Waals surface area contributed by atoms with Gasteiger partial charge >= 0.3 is 0 Å². The Morgan fingerprint density at radius 3 is 2.85 bits per heavy atom. The normalized spacial score (nSPS) is 18.1. The van der Waals surface area contributed by atoms with Crippen molar-refractivity contribution in [3.8, 4) is 5.88 Å². The van der Waals surface area contributed by atoms with E-state index in [4.69, 9.17) is 4.74 Å². The minimum atomic E-state index is 0.629. The van der Waals surface area contributed by atoms with Gasteiger partial charge in [-0.05, 0) is 44.7 Å². The number of methoxy groups -OCH3 is 1. The van der Waals surface area contributed by atoms with Crippen molar-refractivity contribution in [3.63, 3.8) is 0 Å². The molecule has 0 bridgehead atoms. The molecule has 0 amide bonds. The standard InChI is InChI=1S/C16H27N3O/c1-4-8-17-13(2)14-6-10-19(11-7-14)15-5-9-18-16(12-15)20-3/h5,9,12-14,17H,4,6-8,10-11H2,1-3H3. The Kier molecular flexibility index (Phi) is 5.65. The van der Waals surface area contributed by atoms with Crippen LogP contribution in [0.15, 0.2) is 18.3 Å². The van der Waals surface area contributed by atoms with Gasteiger partial charge in [-0.25, -0.2) is 4.98 Å². The van der Waals surface area contributed by atoms with Crippen molar-refractivity contribution in [1.82, 2.24) is 10.3 Å². The van der Waals surface area contributed by atoms with Crippen LogP contribution in [-0.4, -0.2) is 37.8 Å². The molecule has 112 valence electrons. The maximum atomic E-state index is 5.20. The lowest BCUT2D eigenvalue weighted by atomic mass is 9.90. The number of aromatic nitrogens is 1. The monoisotopic (exact) mass is 277 g/mol. The second kappa shape index (κ2) is 7.48. The Hall–Kier alpha value is -1.29. The van der Waals surface area contributed by atoms with Crippen LogP contribution in [0.4, 0.5) is 5.69 Å². The maximum absolute atomic E-state index is 5.20. The summed E-state index contributed by atoms with van der Waals surface area (Å²) < 4.78 is 5.20. The first-order chi connectivity index (χ1) is 9.74. The van der Waals surface area contributed by atoms with Gasteiger partial charge in [-0.15, -0.1) is 0 Å². The molecule has 1 saturated heterocycles. The Balaban J connectivity index is 1.87. The third kappa shape index (κ3) is 3.85. The molecule has 2 rings (SSSR count). The van der Waals surface area contributed by atoms with Gasteiger partial charge in [-0.3, -0.25) is 0 Å². The highest BCUT2D eigenvalue weighted by atomic mass is 16.5. The van der Waals surface area contributed by atoms with E-state index in [1.165, 1.54) is 24.9 Å². The van der Waals surface area contributed by atoms with Crippen LogP contribution in [0.3, 0.4) is 0 Å². The number of anilines is 1. The molecule has 1 N–H and O–H groups in total. The number of hydrogen-bond donors (Lipinski definition) is 1. The van der Waals surface area contributed by atoms with Crippen LogP contribution in [-0.2, 0) is 0 Å². The van der Waals surface area contributed by atoms with E-state index in [-0.39, 0.29) is 0 Å². The van der Waals surface area contributed by atoms with Crippen LogP contribution >= 0.6 is 0 Å². The molecular weight excluding hydrogens is 250 g/mol. The van der Waals surface area contributed by atoms with Crippen LogP contribution < -0.4 is 15.0 Å². The van der Waals surface area contributed by atoms with Crippen molar-refractivity contribution in [2.24, 2.45) is 5.92 Å². The molecule has 1 atom stereocenters. The Labute approximate surface area is 122 Å². The Morgan fingerprint density at radius 2 is 2.20 bits per heavy atom. The van der Waals surface area contributed by atoms with Crippen LogP contribution in [0.25, 0.3) is 0 Å². The fourth-order valence-corrected chi connectivity index (χ4v) is 2.90. The summed E-state index contributed by atoms with van der Waals surface area (Å²) in [5.41, 5.74) is 1.23. The first kappa shape index (κ1) is 15.1. The number of nitrogens with zero attached hydrogens (tertiary/aromatic N) is 2. The van der Waals surface area contributed by atoms with Crippen molar-refractivity contribution in [3.05, 3.63) is 18.3 Å². The molecule has 1 unspecified atom stereocenters. The van der Waals surface area contributed by atoms with E-state index in [0.717, 1.165) is 25.6 Å². The molecule has 0 aliphatic carbocycles. The minimum Gasteiger partial charge on any atom is -0.481 e. The van der Waals surface area contributed by atoms with Crippen molar-refractivity contribution in [2.45, 2.75) is 39.2 Å². The molecule has 20 heavy (non-hydrogen) atoms. The molecule has 2 heterocycles. The average molecular weight is 277 g/mol. The molecule has 1 aromatic heterocycles. The lowest BCUT2D eigenvalue weighted by molar-refractivity contribution is 0.311. The average Bonchev–Trinajstić information content (AvgIpc) is 2.52. The second-order valence-corrected chi connectivity index (χ2v) is 5.62. The predicted octanol–water partition coefficient (Wildman–Crippen LogP) is 2.69. The fraction of sp³-hybridized carbons (Fsp3) is 0.688. The van der Waals surface area contributed by atoms with Gasteiger partial charge in [0.1, 0.15) is 0 Å². The summed E-state index contributed by atoms with van der Waals surface area (Å²) >= 11 is 0. The van der Waals surface area contributed by atoms with E-state index in [2.05, 4.69) is 35.1 Å². The van der Waals surface area contributed by atoms with Gasteiger partial charge in [0.25, 0.3) is 0 Å².